The van der Waals surface area contributed by atoms with E-state index in [1.807, 2.05) is 79.7 Å². The predicted octanol–water partition coefficient (Wildman–Crippen LogP) is 6.23. The maximum atomic E-state index is 13.0. The number of anilines is 1. The number of aromatic nitrogens is 3. The van der Waals surface area contributed by atoms with Gasteiger partial charge in [0.1, 0.15) is 10.8 Å². The molecule has 0 spiro atoms. The number of aryl methyl sites for hydroxylation is 1. The van der Waals surface area contributed by atoms with Gasteiger partial charge >= 0.3 is 0 Å². The van der Waals surface area contributed by atoms with Crippen LogP contribution in [0.1, 0.15) is 11.4 Å². The molecule has 0 aliphatic heterocycles. The SMILES string of the molecule is Cc1cc(-c2cc3c(=O)cc(CNc4ccccc4)[nH]c3nc2-c2ccccc2)cc(Cl)n1. The number of para-hydroxylation sites is 1. The average Bonchev–Trinajstić information content (AvgIpc) is 2.83. The van der Waals surface area contributed by atoms with E-state index in [-0.39, 0.29) is 5.43 Å². The molecule has 5 rings (SSSR count). The fraction of sp³-hybridized carbons (Fsp3) is 0.0741. The minimum absolute atomic E-state index is 0.0844. The second-order valence-electron chi connectivity index (χ2n) is 7.85. The number of hydrogen-bond donors (Lipinski definition) is 2. The molecule has 2 aromatic carbocycles. The zero-order chi connectivity index (χ0) is 22.8. The third-order valence-electron chi connectivity index (χ3n) is 5.41. The minimum Gasteiger partial charge on any atom is -0.379 e. The van der Waals surface area contributed by atoms with Gasteiger partial charge in [0, 0.05) is 34.3 Å². The van der Waals surface area contributed by atoms with Crippen molar-refractivity contribution >= 4 is 28.3 Å². The second-order valence-corrected chi connectivity index (χ2v) is 8.23. The number of aromatic amines is 1. The molecule has 33 heavy (non-hydrogen) atoms. The zero-order valence-electron chi connectivity index (χ0n) is 18.0. The number of hydrogen-bond acceptors (Lipinski definition) is 4. The van der Waals surface area contributed by atoms with Gasteiger partial charge in [-0.2, -0.15) is 0 Å². The quantitative estimate of drug-likeness (QED) is 0.310. The molecular weight excluding hydrogens is 432 g/mol. The van der Waals surface area contributed by atoms with Crippen LogP contribution < -0.4 is 10.7 Å². The van der Waals surface area contributed by atoms with E-state index in [0.29, 0.717) is 22.7 Å². The molecule has 2 N–H and O–H groups in total. The number of rotatable bonds is 5. The number of benzene rings is 2. The highest BCUT2D eigenvalue weighted by molar-refractivity contribution is 6.29. The lowest BCUT2D eigenvalue weighted by molar-refractivity contribution is 1.05. The summed E-state index contributed by atoms with van der Waals surface area (Å²) in [5, 5.41) is 4.26. The van der Waals surface area contributed by atoms with E-state index in [2.05, 4.69) is 15.3 Å². The third kappa shape index (κ3) is 4.49. The van der Waals surface area contributed by atoms with Crippen LogP contribution in [0.2, 0.25) is 5.15 Å². The van der Waals surface area contributed by atoms with E-state index < -0.39 is 0 Å². The molecule has 0 atom stereocenters. The standard InChI is InChI=1S/C27H21ClN4O/c1-17-12-19(13-25(28)30-17)22-15-23-24(33)14-21(16-29-20-10-6-3-7-11-20)31-27(23)32-26(22)18-8-4-2-5-9-18/h2-15,29H,16H2,1H3,(H,31,32,33). The molecule has 0 aliphatic carbocycles. The average molecular weight is 453 g/mol. The van der Waals surface area contributed by atoms with Crippen LogP contribution in [-0.4, -0.2) is 15.0 Å². The minimum atomic E-state index is -0.0844. The highest BCUT2D eigenvalue weighted by Gasteiger charge is 2.15. The number of pyridine rings is 3. The molecule has 0 amide bonds. The normalized spacial score (nSPS) is 11.0. The van der Waals surface area contributed by atoms with Gasteiger partial charge in [0.2, 0.25) is 0 Å². The van der Waals surface area contributed by atoms with Crippen molar-refractivity contribution in [3.05, 3.63) is 112 Å². The molecule has 0 saturated heterocycles. The summed E-state index contributed by atoms with van der Waals surface area (Å²) in [4.78, 5) is 25.6. The summed E-state index contributed by atoms with van der Waals surface area (Å²) in [7, 11) is 0. The van der Waals surface area contributed by atoms with Crippen LogP contribution in [0.4, 0.5) is 5.69 Å². The molecule has 5 aromatic rings. The topological polar surface area (TPSA) is 70.7 Å². The van der Waals surface area contributed by atoms with Gasteiger partial charge in [0.25, 0.3) is 0 Å². The van der Waals surface area contributed by atoms with E-state index in [4.69, 9.17) is 16.6 Å². The Morgan fingerprint density at radius 2 is 1.61 bits per heavy atom. The van der Waals surface area contributed by atoms with Gasteiger partial charge in [-0.1, -0.05) is 60.1 Å². The first-order valence-electron chi connectivity index (χ1n) is 10.6. The van der Waals surface area contributed by atoms with Crippen LogP contribution in [0.15, 0.2) is 89.7 Å². The van der Waals surface area contributed by atoms with Crippen LogP contribution in [0, 0.1) is 6.92 Å². The molecule has 3 aromatic heterocycles. The van der Waals surface area contributed by atoms with Crippen molar-refractivity contribution in [1.82, 2.24) is 15.0 Å². The fourth-order valence-electron chi connectivity index (χ4n) is 3.89. The number of halogens is 1. The zero-order valence-corrected chi connectivity index (χ0v) is 18.7. The lowest BCUT2D eigenvalue weighted by Gasteiger charge is -2.13. The van der Waals surface area contributed by atoms with Gasteiger partial charge in [-0.25, -0.2) is 9.97 Å². The fourth-order valence-corrected chi connectivity index (χ4v) is 4.14. The van der Waals surface area contributed by atoms with Crippen molar-refractivity contribution in [2.75, 3.05) is 5.32 Å². The molecule has 0 fully saturated rings. The van der Waals surface area contributed by atoms with Gasteiger partial charge in [-0.3, -0.25) is 4.79 Å². The van der Waals surface area contributed by atoms with E-state index in [1.54, 1.807) is 12.1 Å². The lowest BCUT2D eigenvalue weighted by Crippen LogP contribution is -2.10. The molecule has 3 heterocycles. The van der Waals surface area contributed by atoms with Gasteiger partial charge in [-0.05, 0) is 42.8 Å². The summed E-state index contributed by atoms with van der Waals surface area (Å²) < 4.78 is 0. The summed E-state index contributed by atoms with van der Waals surface area (Å²) in [5.41, 5.74) is 6.44. The Labute approximate surface area is 196 Å². The first-order valence-corrected chi connectivity index (χ1v) is 11.0. The Morgan fingerprint density at radius 3 is 2.33 bits per heavy atom. The van der Waals surface area contributed by atoms with Crippen LogP contribution >= 0.6 is 11.6 Å². The highest BCUT2D eigenvalue weighted by atomic mass is 35.5. The molecule has 6 heteroatoms. The molecule has 0 bridgehead atoms. The van der Waals surface area contributed by atoms with E-state index in [1.165, 1.54) is 0 Å². The lowest BCUT2D eigenvalue weighted by atomic mass is 9.98. The van der Waals surface area contributed by atoms with E-state index >= 15 is 0 Å². The summed E-state index contributed by atoms with van der Waals surface area (Å²) in [5.74, 6) is 0. The Balaban J connectivity index is 1.65. The van der Waals surface area contributed by atoms with Crippen molar-refractivity contribution in [1.29, 1.82) is 0 Å². The maximum absolute atomic E-state index is 13.0. The van der Waals surface area contributed by atoms with E-state index in [9.17, 15) is 4.79 Å². The third-order valence-corrected chi connectivity index (χ3v) is 5.60. The first-order chi connectivity index (χ1) is 16.1. The smallest absolute Gasteiger partial charge is 0.191 e. The van der Waals surface area contributed by atoms with Gasteiger partial charge in [0.15, 0.2) is 5.43 Å². The second kappa shape index (κ2) is 8.88. The number of nitrogens with one attached hydrogen (secondary N) is 2. The molecule has 0 aliphatic rings. The molecule has 0 saturated carbocycles. The van der Waals surface area contributed by atoms with Crippen LogP contribution in [0.25, 0.3) is 33.4 Å². The summed E-state index contributed by atoms with van der Waals surface area (Å²) in [6.07, 6.45) is 0. The molecule has 0 unspecified atom stereocenters. The van der Waals surface area contributed by atoms with Gasteiger partial charge in [0.05, 0.1) is 17.6 Å². The predicted molar refractivity (Wildman–Crippen MR) is 135 cm³/mol. The van der Waals surface area contributed by atoms with Crippen molar-refractivity contribution in [3.63, 3.8) is 0 Å². The Kier molecular flexibility index (Phi) is 5.63. The number of fused-ring (bicyclic) bond motifs is 1. The van der Waals surface area contributed by atoms with Gasteiger partial charge in [-0.15, -0.1) is 0 Å². The number of nitrogens with zero attached hydrogens (tertiary/aromatic N) is 2. The number of H-pyrrole nitrogens is 1. The molecule has 162 valence electrons. The highest BCUT2D eigenvalue weighted by Crippen LogP contribution is 2.33. The van der Waals surface area contributed by atoms with Crippen molar-refractivity contribution in [3.8, 4) is 22.4 Å². The van der Waals surface area contributed by atoms with Crippen molar-refractivity contribution in [2.45, 2.75) is 13.5 Å². The molecular formula is C27H21ClN4O. The first kappa shape index (κ1) is 20.9. The molecule has 5 nitrogen and oxygen atoms in total. The summed E-state index contributed by atoms with van der Waals surface area (Å²) in [6, 6.07) is 27.1. The maximum Gasteiger partial charge on any atom is 0.191 e. The Morgan fingerprint density at radius 1 is 0.879 bits per heavy atom. The van der Waals surface area contributed by atoms with Gasteiger partial charge < -0.3 is 10.3 Å². The molecule has 0 radical (unpaired) electrons. The Hall–Kier alpha value is -3.96. The monoisotopic (exact) mass is 452 g/mol. The van der Waals surface area contributed by atoms with Crippen molar-refractivity contribution < 1.29 is 0 Å². The summed E-state index contributed by atoms with van der Waals surface area (Å²) in [6.45, 7) is 2.38. The van der Waals surface area contributed by atoms with Crippen LogP contribution in [0.3, 0.4) is 0 Å². The Bertz CT molecular complexity index is 1480. The van der Waals surface area contributed by atoms with Crippen LogP contribution in [0.5, 0.6) is 0 Å². The van der Waals surface area contributed by atoms with Crippen molar-refractivity contribution in [2.24, 2.45) is 0 Å². The summed E-state index contributed by atoms with van der Waals surface area (Å²) >= 11 is 6.25. The van der Waals surface area contributed by atoms with E-state index in [0.717, 1.165) is 39.5 Å². The van der Waals surface area contributed by atoms with Crippen LogP contribution in [-0.2, 0) is 6.54 Å². The largest absolute Gasteiger partial charge is 0.379 e.